The third kappa shape index (κ3) is 1.75. The molecule has 2 fully saturated rings. The van der Waals surface area contributed by atoms with E-state index < -0.39 is 0 Å². The second-order valence-electron chi connectivity index (χ2n) is 7.25. The topological polar surface area (TPSA) is 55.1 Å². The van der Waals surface area contributed by atoms with Crippen LogP contribution < -0.4 is 11.1 Å². The third-order valence-corrected chi connectivity index (χ3v) is 6.28. The van der Waals surface area contributed by atoms with Crippen LogP contribution in [-0.4, -0.2) is 11.9 Å². The number of hydrogen-bond donors (Lipinski definition) is 2. The number of anilines is 1. The van der Waals surface area contributed by atoms with Crippen molar-refractivity contribution in [1.29, 1.82) is 0 Å². The first-order valence-corrected chi connectivity index (χ1v) is 7.51. The average molecular weight is 272 g/mol. The van der Waals surface area contributed by atoms with E-state index in [0.29, 0.717) is 22.4 Å². The van der Waals surface area contributed by atoms with Crippen LogP contribution in [0.25, 0.3) is 0 Å². The predicted molar refractivity (Wildman–Crippen MR) is 81.6 cm³/mol. The number of carbonyl (C=O) groups excluding carboxylic acids is 1. The molecule has 0 radical (unpaired) electrons. The molecule has 3 heteroatoms. The minimum Gasteiger partial charge on any atom is -0.382 e. The van der Waals surface area contributed by atoms with Gasteiger partial charge in [0, 0.05) is 17.3 Å². The first-order chi connectivity index (χ1) is 9.34. The summed E-state index contributed by atoms with van der Waals surface area (Å²) in [5.41, 5.74) is 7.66. The quantitative estimate of drug-likeness (QED) is 0.886. The first-order valence-electron chi connectivity index (χ1n) is 7.51. The van der Waals surface area contributed by atoms with Crippen molar-refractivity contribution in [3.05, 3.63) is 29.8 Å². The fourth-order valence-electron chi connectivity index (χ4n) is 4.39. The lowest BCUT2D eigenvalue weighted by Gasteiger charge is -2.40. The van der Waals surface area contributed by atoms with Gasteiger partial charge in [0.1, 0.15) is 0 Å². The van der Waals surface area contributed by atoms with Gasteiger partial charge in [0.15, 0.2) is 0 Å². The van der Waals surface area contributed by atoms with E-state index in [1.165, 1.54) is 19.3 Å². The Bertz CT molecular complexity index is 552. The molecule has 0 heterocycles. The Labute approximate surface area is 120 Å². The maximum absolute atomic E-state index is 11.3. The van der Waals surface area contributed by atoms with Gasteiger partial charge in [-0.05, 0) is 54.2 Å². The lowest BCUT2D eigenvalue weighted by Crippen LogP contribution is -2.40. The van der Waals surface area contributed by atoms with Crippen molar-refractivity contribution in [3.63, 3.8) is 0 Å². The van der Waals surface area contributed by atoms with Crippen LogP contribution >= 0.6 is 0 Å². The Hall–Kier alpha value is -1.51. The summed E-state index contributed by atoms with van der Waals surface area (Å²) in [7, 11) is 0. The zero-order valence-corrected chi connectivity index (χ0v) is 12.6. The van der Waals surface area contributed by atoms with Crippen molar-refractivity contribution in [2.24, 2.45) is 22.5 Å². The van der Waals surface area contributed by atoms with Crippen LogP contribution in [0, 0.1) is 16.7 Å². The maximum Gasteiger partial charge on any atom is 0.248 e. The zero-order chi connectivity index (χ0) is 14.5. The summed E-state index contributed by atoms with van der Waals surface area (Å²) in [6, 6.07) is 8.03. The predicted octanol–water partition coefficient (Wildman–Crippen LogP) is 3.41. The van der Waals surface area contributed by atoms with E-state index in [9.17, 15) is 4.79 Å². The molecule has 3 rings (SSSR count). The highest BCUT2D eigenvalue weighted by atomic mass is 16.1. The van der Waals surface area contributed by atoms with Crippen molar-refractivity contribution in [1.82, 2.24) is 0 Å². The standard InChI is InChI=1S/C17H24N2O/c1-16(2)12-7-8-17(16,3)14(10-12)19-13-6-4-5-11(9-13)15(18)20/h4-6,9,12,14,19H,7-8,10H2,1-3H3,(H2,18,20). The van der Waals surface area contributed by atoms with Crippen molar-refractivity contribution >= 4 is 11.6 Å². The summed E-state index contributed by atoms with van der Waals surface area (Å²) in [5, 5.41) is 3.66. The molecular formula is C17H24N2O. The summed E-state index contributed by atoms with van der Waals surface area (Å²) in [4.78, 5) is 11.3. The van der Waals surface area contributed by atoms with Gasteiger partial charge in [0.05, 0.1) is 0 Å². The van der Waals surface area contributed by atoms with Crippen LogP contribution in [0.4, 0.5) is 5.69 Å². The number of nitrogens with one attached hydrogen (secondary N) is 1. The van der Waals surface area contributed by atoms with Crippen LogP contribution in [0.3, 0.4) is 0 Å². The molecule has 2 saturated carbocycles. The molecule has 3 nitrogen and oxygen atoms in total. The van der Waals surface area contributed by atoms with E-state index in [-0.39, 0.29) is 5.91 Å². The Morgan fingerprint density at radius 3 is 2.65 bits per heavy atom. The average Bonchev–Trinajstić information content (AvgIpc) is 2.72. The lowest BCUT2D eigenvalue weighted by atomic mass is 9.69. The molecule has 3 atom stereocenters. The molecule has 1 aromatic rings. The van der Waals surface area contributed by atoms with Crippen LogP contribution in [0.15, 0.2) is 24.3 Å². The summed E-state index contributed by atoms with van der Waals surface area (Å²) in [6.07, 6.45) is 3.87. The number of fused-ring (bicyclic) bond motifs is 2. The van der Waals surface area contributed by atoms with Gasteiger partial charge in [-0.2, -0.15) is 0 Å². The molecule has 0 spiro atoms. The first kappa shape index (κ1) is 13.5. The molecule has 2 aliphatic rings. The van der Waals surface area contributed by atoms with E-state index in [2.05, 4.69) is 26.1 Å². The van der Waals surface area contributed by atoms with Gasteiger partial charge in [0.2, 0.25) is 5.91 Å². The molecule has 3 N–H and O–H groups in total. The number of rotatable bonds is 3. The van der Waals surface area contributed by atoms with Crippen molar-refractivity contribution in [3.8, 4) is 0 Å². The summed E-state index contributed by atoms with van der Waals surface area (Å²) >= 11 is 0. The minimum absolute atomic E-state index is 0.334. The van der Waals surface area contributed by atoms with E-state index in [1.807, 2.05) is 18.2 Å². The van der Waals surface area contributed by atoms with Gasteiger partial charge in [-0.3, -0.25) is 4.79 Å². The van der Waals surface area contributed by atoms with E-state index in [4.69, 9.17) is 5.73 Å². The Morgan fingerprint density at radius 2 is 2.10 bits per heavy atom. The molecule has 20 heavy (non-hydrogen) atoms. The molecule has 0 aromatic heterocycles. The molecule has 1 aromatic carbocycles. The Morgan fingerprint density at radius 1 is 1.35 bits per heavy atom. The van der Waals surface area contributed by atoms with Crippen molar-refractivity contribution in [2.75, 3.05) is 5.32 Å². The van der Waals surface area contributed by atoms with Crippen LogP contribution in [-0.2, 0) is 0 Å². The highest BCUT2D eigenvalue weighted by molar-refractivity contribution is 5.93. The van der Waals surface area contributed by atoms with Gasteiger partial charge < -0.3 is 11.1 Å². The Balaban J connectivity index is 1.83. The molecular weight excluding hydrogens is 248 g/mol. The number of primary amides is 1. The number of amides is 1. The maximum atomic E-state index is 11.3. The highest BCUT2D eigenvalue weighted by Crippen LogP contribution is 2.65. The summed E-state index contributed by atoms with van der Waals surface area (Å²) < 4.78 is 0. The third-order valence-electron chi connectivity index (χ3n) is 6.28. The van der Waals surface area contributed by atoms with Gasteiger partial charge in [-0.1, -0.05) is 26.8 Å². The second kappa shape index (κ2) is 4.24. The van der Waals surface area contributed by atoms with Gasteiger partial charge in [-0.25, -0.2) is 0 Å². The van der Waals surface area contributed by atoms with Gasteiger partial charge in [-0.15, -0.1) is 0 Å². The van der Waals surface area contributed by atoms with E-state index >= 15 is 0 Å². The largest absolute Gasteiger partial charge is 0.382 e. The molecule has 2 bridgehead atoms. The highest BCUT2D eigenvalue weighted by Gasteiger charge is 2.61. The lowest BCUT2D eigenvalue weighted by molar-refractivity contribution is 0.100. The van der Waals surface area contributed by atoms with E-state index in [1.54, 1.807) is 6.07 Å². The van der Waals surface area contributed by atoms with Crippen LogP contribution in [0.2, 0.25) is 0 Å². The molecule has 0 aliphatic heterocycles. The second-order valence-corrected chi connectivity index (χ2v) is 7.25. The molecule has 2 aliphatic carbocycles. The number of nitrogens with two attached hydrogens (primary N) is 1. The summed E-state index contributed by atoms with van der Waals surface area (Å²) in [6.45, 7) is 7.23. The monoisotopic (exact) mass is 272 g/mol. The number of carbonyl (C=O) groups is 1. The molecule has 1 amide bonds. The van der Waals surface area contributed by atoms with Crippen molar-refractivity contribution < 1.29 is 4.79 Å². The SMILES string of the molecule is CC1(C)C2CCC1(C)C(Nc1cccc(C(N)=O)c1)C2. The number of benzene rings is 1. The van der Waals surface area contributed by atoms with Crippen molar-refractivity contribution in [2.45, 2.75) is 46.1 Å². The minimum atomic E-state index is -0.367. The summed E-state index contributed by atoms with van der Waals surface area (Å²) in [5.74, 6) is 0.442. The fourth-order valence-corrected chi connectivity index (χ4v) is 4.39. The Kier molecular flexibility index (Phi) is 2.86. The smallest absolute Gasteiger partial charge is 0.248 e. The number of hydrogen-bond acceptors (Lipinski definition) is 2. The van der Waals surface area contributed by atoms with E-state index in [0.717, 1.165) is 11.6 Å². The zero-order valence-electron chi connectivity index (χ0n) is 12.6. The molecule has 3 unspecified atom stereocenters. The fraction of sp³-hybridized carbons (Fsp3) is 0.588. The van der Waals surface area contributed by atoms with Crippen LogP contribution in [0.1, 0.15) is 50.4 Å². The normalized spacial score (nSPS) is 34.1. The van der Waals surface area contributed by atoms with Crippen LogP contribution in [0.5, 0.6) is 0 Å². The molecule has 108 valence electrons. The van der Waals surface area contributed by atoms with Gasteiger partial charge in [0.25, 0.3) is 0 Å². The molecule has 0 saturated heterocycles. The van der Waals surface area contributed by atoms with Gasteiger partial charge >= 0.3 is 0 Å².